The molecule has 0 atom stereocenters. The van der Waals surface area contributed by atoms with Gasteiger partial charge < -0.3 is 9.15 Å². The lowest BCUT2D eigenvalue weighted by Crippen LogP contribution is -2.07. The number of hydrogen-bond donors (Lipinski definition) is 0. The maximum Gasteiger partial charge on any atom is 0.310 e. The van der Waals surface area contributed by atoms with Crippen LogP contribution in [-0.2, 0) is 16.0 Å². The minimum Gasteiger partial charge on any atom is -0.466 e. The fraction of sp³-hybridized carbons (Fsp3) is 0.235. The highest BCUT2D eigenvalue weighted by Crippen LogP contribution is 2.33. The Balaban J connectivity index is 2.17. The third-order valence-corrected chi connectivity index (χ3v) is 4.15. The number of hydrogen-bond acceptors (Lipinski definition) is 4. The van der Waals surface area contributed by atoms with Gasteiger partial charge in [-0.15, -0.1) is 11.8 Å². The average Bonchev–Trinajstić information content (AvgIpc) is 2.85. The van der Waals surface area contributed by atoms with E-state index in [0.29, 0.717) is 6.61 Å². The molecule has 1 heterocycles. The summed E-state index contributed by atoms with van der Waals surface area (Å²) >= 11 is 1.69. The number of rotatable bonds is 4. The molecular formula is C17H16O3S. The summed E-state index contributed by atoms with van der Waals surface area (Å²) in [7, 11) is 0. The molecule has 0 aliphatic carbocycles. The molecule has 3 rings (SSSR count). The summed E-state index contributed by atoms with van der Waals surface area (Å²) in [5.41, 5.74) is 2.60. The van der Waals surface area contributed by atoms with Crippen molar-refractivity contribution in [3.63, 3.8) is 0 Å². The minimum atomic E-state index is -0.208. The number of benzene rings is 2. The Kier molecular flexibility index (Phi) is 3.88. The second kappa shape index (κ2) is 5.82. The third-order valence-electron chi connectivity index (χ3n) is 3.43. The van der Waals surface area contributed by atoms with Crippen molar-refractivity contribution < 1.29 is 13.9 Å². The zero-order chi connectivity index (χ0) is 14.8. The van der Waals surface area contributed by atoms with Crippen molar-refractivity contribution in [2.75, 3.05) is 12.9 Å². The zero-order valence-electron chi connectivity index (χ0n) is 12.0. The van der Waals surface area contributed by atoms with Gasteiger partial charge in [-0.05, 0) is 43.0 Å². The van der Waals surface area contributed by atoms with Gasteiger partial charge in [0.1, 0.15) is 11.2 Å². The van der Waals surface area contributed by atoms with E-state index in [1.165, 1.54) is 4.90 Å². The van der Waals surface area contributed by atoms with Gasteiger partial charge in [-0.3, -0.25) is 4.79 Å². The lowest BCUT2D eigenvalue weighted by molar-refractivity contribution is -0.142. The van der Waals surface area contributed by atoms with Crippen LogP contribution in [0.5, 0.6) is 0 Å². The van der Waals surface area contributed by atoms with Crippen LogP contribution in [0.3, 0.4) is 0 Å². The SMILES string of the molecule is CCOC(=O)Cc1cccc2oc3ccc(SC)cc3c12. The lowest BCUT2D eigenvalue weighted by atomic mass is 10.0. The molecule has 0 amide bonds. The minimum absolute atomic E-state index is 0.208. The van der Waals surface area contributed by atoms with E-state index in [0.717, 1.165) is 27.5 Å². The van der Waals surface area contributed by atoms with Crippen LogP contribution in [0.25, 0.3) is 21.9 Å². The first-order valence-corrected chi connectivity index (χ1v) is 8.09. The van der Waals surface area contributed by atoms with Gasteiger partial charge in [0.2, 0.25) is 0 Å². The number of carbonyl (C=O) groups is 1. The fourth-order valence-corrected chi connectivity index (χ4v) is 2.96. The number of fused-ring (bicyclic) bond motifs is 3. The van der Waals surface area contributed by atoms with E-state index in [1.54, 1.807) is 11.8 Å². The molecule has 108 valence electrons. The van der Waals surface area contributed by atoms with E-state index in [1.807, 2.05) is 43.5 Å². The molecule has 0 fully saturated rings. The van der Waals surface area contributed by atoms with Gasteiger partial charge in [-0.1, -0.05) is 12.1 Å². The largest absolute Gasteiger partial charge is 0.466 e. The monoisotopic (exact) mass is 300 g/mol. The molecule has 4 heteroatoms. The summed E-state index contributed by atoms with van der Waals surface area (Å²) in [6.45, 7) is 2.22. The van der Waals surface area contributed by atoms with Gasteiger partial charge in [0.25, 0.3) is 0 Å². The Bertz CT molecular complexity index is 804. The summed E-state index contributed by atoms with van der Waals surface area (Å²) in [4.78, 5) is 13.0. The Hall–Kier alpha value is -1.94. The maximum atomic E-state index is 11.8. The number of furan rings is 1. The van der Waals surface area contributed by atoms with Crippen LogP contribution in [0.1, 0.15) is 12.5 Å². The van der Waals surface area contributed by atoms with E-state index in [4.69, 9.17) is 9.15 Å². The van der Waals surface area contributed by atoms with Gasteiger partial charge in [-0.25, -0.2) is 0 Å². The van der Waals surface area contributed by atoms with Gasteiger partial charge in [0, 0.05) is 15.7 Å². The molecule has 0 saturated heterocycles. The van der Waals surface area contributed by atoms with Crippen molar-refractivity contribution in [2.24, 2.45) is 0 Å². The molecule has 0 radical (unpaired) electrons. The van der Waals surface area contributed by atoms with Gasteiger partial charge in [0.15, 0.2) is 0 Å². The normalized spacial score (nSPS) is 11.1. The standard InChI is InChI=1S/C17H16O3S/c1-3-19-16(18)9-11-5-4-6-15-17(11)13-10-12(21-2)7-8-14(13)20-15/h4-8,10H,3,9H2,1-2H3. The molecule has 2 aromatic carbocycles. The van der Waals surface area contributed by atoms with Crippen LogP contribution in [-0.4, -0.2) is 18.8 Å². The smallest absolute Gasteiger partial charge is 0.310 e. The van der Waals surface area contributed by atoms with Crippen LogP contribution in [0.15, 0.2) is 45.7 Å². The molecule has 0 aliphatic heterocycles. The fourth-order valence-electron chi connectivity index (χ4n) is 2.52. The zero-order valence-corrected chi connectivity index (χ0v) is 12.8. The van der Waals surface area contributed by atoms with Crippen LogP contribution < -0.4 is 0 Å². The molecule has 0 unspecified atom stereocenters. The molecule has 1 aromatic heterocycles. The number of carbonyl (C=O) groups excluding carboxylic acids is 1. The van der Waals surface area contributed by atoms with Crippen molar-refractivity contribution >= 4 is 39.7 Å². The van der Waals surface area contributed by atoms with Crippen LogP contribution in [0.2, 0.25) is 0 Å². The predicted molar refractivity (Wildman–Crippen MR) is 85.8 cm³/mol. The Morgan fingerprint density at radius 1 is 1.24 bits per heavy atom. The van der Waals surface area contributed by atoms with E-state index in [9.17, 15) is 4.79 Å². The summed E-state index contributed by atoms with van der Waals surface area (Å²) < 4.78 is 10.9. The molecule has 0 bridgehead atoms. The summed E-state index contributed by atoms with van der Waals surface area (Å²) in [6, 6.07) is 11.9. The first-order chi connectivity index (χ1) is 10.2. The van der Waals surface area contributed by atoms with Crippen molar-refractivity contribution in [2.45, 2.75) is 18.2 Å². The molecule has 0 saturated carbocycles. The summed E-state index contributed by atoms with van der Waals surface area (Å²) in [6.07, 6.45) is 2.31. The predicted octanol–water partition coefficient (Wildman–Crippen LogP) is 4.41. The lowest BCUT2D eigenvalue weighted by Gasteiger charge is -2.04. The van der Waals surface area contributed by atoms with Crippen LogP contribution >= 0.6 is 11.8 Å². The highest BCUT2D eigenvalue weighted by Gasteiger charge is 2.14. The topological polar surface area (TPSA) is 39.4 Å². The van der Waals surface area contributed by atoms with Crippen LogP contribution in [0.4, 0.5) is 0 Å². The second-order valence-electron chi connectivity index (χ2n) is 4.74. The Morgan fingerprint density at radius 2 is 2.10 bits per heavy atom. The highest BCUT2D eigenvalue weighted by molar-refractivity contribution is 7.98. The molecule has 0 aliphatic rings. The van der Waals surface area contributed by atoms with Crippen molar-refractivity contribution in [1.29, 1.82) is 0 Å². The van der Waals surface area contributed by atoms with Crippen molar-refractivity contribution in [3.8, 4) is 0 Å². The number of ether oxygens (including phenoxy) is 1. The maximum absolute atomic E-state index is 11.8. The van der Waals surface area contributed by atoms with E-state index in [-0.39, 0.29) is 12.4 Å². The van der Waals surface area contributed by atoms with Crippen molar-refractivity contribution in [3.05, 3.63) is 42.0 Å². The average molecular weight is 300 g/mol. The quantitative estimate of drug-likeness (QED) is 0.528. The van der Waals surface area contributed by atoms with Crippen LogP contribution in [0, 0.1) is 0 Å². The highest BCUT2D eigenvalue weighted by atomic mass is 32.2. The molecule has 3 nitrogen and oxygen atoms in total. The molecule has 21 heavy (non-hydrogen) atoms. The first-order valence-electron chi connectivity index (χ1n) is 6.86. The van der Waals surface area contributed by atoms with E-state index in [2.05, 4.69) is 6.07 Å². The van der Waals surface area contributed by atoms with Gasteiger partial charge in [-0.2, -0.15) is 0 Å². The molecule has 0 N–H and O–H groups in total. The first kappa shape index (κ1) is 14.0. The van der Waals surface area contributed by atoms with E-state index < -0.39 is 0 Å². The second-order valence-corrected chi connectivity index (χ2v) is 5.62. The number of esters is 1. The van der Waals surface area contributed by atoms with Gasteiger partial charge in [0.05, 0.1) is 13.0 Å². The Labute approximate surface area is 127 Å². The summed E-state index contributed by atoms with van der Waals surface area (Å²) in [5, 5.41) is 2.06. The Morgan fingerprint density at radius 3 is 2.86 bits per heavy atom. The third kappa shape index (κ3) is 2.63. The van der Waals surface area contributed by atoms with E-state index >= 15 is 0 Å². The molecule has 0 spiro atoms. The van der Waals surface area contributed by atoms with Crippen molar-refractivity contribution in [1.82, 2.24) is 0 Å². The van der Waals surface area contributed by atoms with Gasteiger partial charge >= 0.3 is 5.97 Å². The molecular weight excluding hydrogens is 284 g/mol. The number of thioether (sulfide) groups is 1. The summed E-state index contributed by atoms with van der Waals surface area (Å²) in [5.74, 6) is -0.208. The molecule has 3 aromatic rings.